The van der Waals surface area contributed by atoms with Crippen LogP contribution in [0.15, 0.2) is 66.2 Å². The first-order valence-electron chi connectivity index (χ1n) is 10.3. The van der Waals surface area contributed by atoms with Gasteiger partial charge in [-0.3, -0.25) is 9.48 Å². The summed E-state index contributed by atoms with van der Waals surface area (Å²) in [6, 6.07) is 14.2. The number of aryl methyl sites for hydroxylation is 1. The topological polar surface area (TPSA) is 74.9 Å². The third-order valence-electron chi connectivity index (χ3n) is 4.50. The van der Waals surface area contributed by atoms with Gasteiger partial charge in [-0.25, -0.2) is 4.99 Å². The maximum absolute atomic E-state index is 12.3. The first kappa shape index (κ1) is 27.3. The van der Waals surface area contributed by atoms with Crippen LogP contribution in [0.1, 0.15) is 32.9 Å². The first-order chi connectivity index (χ1) is 16.6. The average molecular weight is 489 g/mol. The summed E-state index contributed by atoms with van der Waals surface area (Å²) < 4.78 is 52.2. The number of aliphatic imine (C=N–C) groups is 1. The normalized spacial score (nSPS) is 11.3. The van der Waals surface area contributed by atoms with Crippen molar-refractivity contribution < 1.29 is 32.2 Å². The van der Waals surface area contributed by atoms with Gasteiger partial charge >= 0.3 is 6.36 Å². The second kappa shape index (κ2) is 12.5. The van der Waals surface area contributed by atoms with Gasteiger partial charge in [0.2, 0.25) is 5.90 Å². The van der Waals surface area contributed by atoms with Crippen LogP contribution >= 0.6 is 0 Å². The molecule has 0 N–H and O–H groups in total. The van der Waals surface area contributed by atoms with Crippen molar-refractivity contribution in [3.8, 4) is 5.75 Å². The summed E-state index contributed by atoms with van der Waals surface area (Å²) in [7, 11) is 4.69. The monoisotopic (exact) mass is 489 g/mol. The van der Waals surface area contributed by atoms with E-state index in [0.29, 0.717) is 23.4 Å². The van der Waals surface area contributed by atoms with E-state index in [1.807, 2.05) is 19.1 Å². The van der Waals surface area contributed by atoms with Crippen LogP contribution in [0.5, 0.6) is 5.75 Å². The molecule has 0 atom stereocenters. The summed E-state index contributed by atoms with van der Waals surface area (Å²) in [5, 5.41) is 4.53. The van der Waals surface area contributed by atoms with Crippen LogP contribution < -0.4 is 4.74 Å². The van der Waals surface area contributed by atoms with Crippen LogP contribution in [0.3, 0.4) is 0 Å². The fourth-order valence-corrected chi connectivity index (χ4v) is 2.89. The Morgan fingerprint density at radius 3 is 2.20 bits per heavy atom. The van der Waals surface area contributed by atoms with Crippen LogP contribution in [0.25, 0.3) is 5.70 Å². The highest BCUT2D eigenvalue weighted by Gasteiger charge is 2.31. The molecule has 0 aliphatic rings. The van der Waals surface area contributed by atoms with Crippen molar-refractivity contribution in [3.05, 3.63) is 89.3 Å². The molecule has 186 valence electrons. The number of aromatic nitrogens is 2. The van der Waals surface area contributed by atoms with Crippen LogP contribution in [0, 0.1) is 6.92 Å². The van der Waals surface area contributed by atoms with E-state index in [0.717, 1.165) is 17.5 Å². The minimum absolute atomic E-state index is 0.212. The molecule has 0 fully saturated rings. The Bertz CT molecular complexity index is 1150. The van der Waals surface area contributed by atoms with Crippen molar-refractivity contribution in [2.75, 3.05) is 21.3 Å². The van der Waals surface area contributed by atoms with Gasteiger partial charge in [-0.05, 0) is 48.4 Å². The highest BCUT2D eigenvalue weighted by atomic mass is 19.4. The van der Waals surface area contributed by atoms with Crippen molar-refractivity contribution in [3.63, 3.8) is 0 Å². The molecule has 10 heteroatoms. The molecule has 7 nitrogen and oxygen atoms in total. The number of halogens is 3. The lowest BCUT2D eigenvalue weighted by atomic mass is 10.1. The number of alkyl halides is 3. The van der Waals surface area contributed by atoms with E-state index in [-0.39, 0.29) is 17.3 Å². The van der Waals surface area contributed by atoms with Crippen LogP contribution in [0.4, 0.5) is 13.2 Å². The molecule has 0 saturated carbocycles. The molecular weight excluding hydrogens is 463 g/mol. The highest BCUT2D eigenvalue weighted by Crippen LogP contribution is 2.25. The zero-order valence-electron chi connectivity index (χ0n) is 19.8. The largest absolute Gasteiger partial charge is 0.573 e. The number of carbonyl (C=O) groups excluding carboxylic acids is 1. The van der Waals surface area contributed by atoms with Gasteiger partial charge in [0.15, 0.2) is 0 Å². The van der Waals surface area contributed by atoms with Crippen molar-refractivity contribution in [1.29, 1.82) is 0 Å². The molecule has 1 heterocycles. The minimum atomic E-state index is -4.76. The number of aldehydes is 1. The molecule has 3 aromatic rings. The van der Waals surface area contributed by atoms with Gasteiger partial charge < -0.3 is 14.2 Å². The Labute approximate surface area is 201 Å². The number of ether oxygens (including phenoxy) is 3. The number of carbonyl (C=O) groups is 1. The summed E-state index contributed by atoms with van der Waals surface area (Å²) in [5.74, 6) is -0.121. The predicted molar refractivity (Wildman–Crippen MR) is 127 cm³/mol. The Morgan fingerprint density at radius 1 is 1.09 bits per heavy atom. The number of hydrogen-bond donors (Lipinski definition) is 0. The van der Waals surface area contributed by atoms with Crippen molar-refractivity contribution in [2.24, 2.45) is 4.99 Å². The molecule has 0 aliphatic heterocycles. The fraction of sp³-hybridized carbons (Fsp3) is 0.240. The van der Waals surface area contributed by atoms with Gasteiger partial charge in [0.25, 0.3) is 0 Å². The van der Waals surface area contributed by atoms with Gasteiger partial charge in [-0.15, -0.1) is 13.2 Å². The second-order valence-electron chi connectivity index (χ2n) is 7.24. The third-order valence-corrected chi connectivity index (χ3v) is 4.50. The number of methoxy groups -OCH3 is 2. The molecule has 0 unspecified atom stereocenters. The van der Waals surface area contributed by atoms with E-state index >= 15 is 0 Å². The van der Waals surface area contributed by atoms with Crippen LogP contribution in [0.2, 0.25) is 0 Å². The maximum Gasteiger partial charge on any atom is 0.573 e. The fourth-order valence-electron chi connectivity index (χ4n) is 2.89. The molecule has 0 aliphatic carbocycles. The zero-order chi connectivity index (χ0) is 26.0. The average Bonchev–Trinajstić information content (AvgIpc) is 3.17. The zero-order valence-corrected chi connectivity index (χ0v) is 19.8. The smallest absolute Gasteiger partial charge is 0.479 e. The van der Waals surface area contributed by atoms with Crippen LogP contribution in [-0.2, 0) is 16.0 Å². The first-order valence-corrected chi connectivity index (χ1v) is 10.3. The summed E-state index contributed by atoms with van der Waals surface area (Å²) in [4.78, 5) is 15.1. The quantitative estimate of drug-likeness (QED) is 0.257. The van der Waals surface area contributed by atoms with Crippen molar-refractivity contribution >= 4 is 17.9 Å². The summed E-state index contributed by atoms with van der Waals surface area (Å²) >= 11 is 0. The molecule has 1 aromatic heterocycles. The second-order valence-corrected chi connectivity index (χ2v) is 7.24. The molecule has 0 radical (unpaired) electrons. The number of rotatable bonds is 7. The van der Waals surface area contributed by atoms with E-state index in [9.17, 15) is 18.0 Å². The van der Waals surface area contributed by atoms with E-state index in [1.54, 1.807) is 37.1 Å². The SMILES string of the molecule is C=C(N=C(OC)c1cc(C)n(Cc2ccc(C=O)cc2)n1)c1ccc(OC(F)(F)F)cc1.COC. The molecule has 0 bridgehead atoms. The molecule has 2 aromatic carbocycles. The van der Waals surface area contributed by atoms with Crippen LogP contribution in [-0.4, -0.2) is 49.7 Å². The van der Waals surface area contributed by atoms with E-state index in [1.165, 1.54) is 31.4 Å². The standard InChI is InChI=1S/C23H20F3N3O3.C2H6O/c1-15-12-21(28-29(15)13-17-4-6-18(14-30)7-5-17)22(31-3)27-16(2)19-8-10-20(11-9-19)32-23(24,25)26;1-3-2/h4-12,14H,2,13H2,1,3H3;1-2H3. The van der Waals surface area contributed by atoms with Crippen molar-refractivity contribution in [2.45, 2.75) is 19.8 Å². The Hall–Kier alpha value is -3.92. The lowest BCUT2D eigenvalue weighted by molar-refractivity contribution is -0.274. The van der Waals surface area contributed by atoms with E-state index < -0.39 is 6.36 Å². The molecule has 3 rings (SSSR count). The van der Waals surface area contributed by atoms with Crippen molar-refractivity contribution in [1.82, 2.24) is 9.78 Å². The number of nitrogens with zero attached hydrogens (tertiary/aromatic N) is 3. The molecule has 0 amide bonds. The maximum atomic E-state index is 12.3. The highest BCUT2D eigenvalue weighted by molar-refractivity contribution is 5.95. The Balaban J connectivity index is 0.00000137. The van der Waals surface area contributed by atoms with Gasteiger partial charge in [0.05, 0.1) is 19.4 Å². The Morgan fingerprint density at radius 2 is 1.69 bits per heavy atom. The summed E-state index contributed by atoms with van der Waals surface area (Å²) in [5.41, 5.74) is 3.69. The van der Waals surface area contributed by atoms with Gasteiger partial charge in [-0.1, -0.05) is 30.8 Å². The Kier molecular flexibility index (Phi) is 9.77. The number of benzene rings is 2. The number of hydrogen-bond acceptors (Lipinski definition) is 6. The molecular formula is C25H26F3N3O4. The predicted octanol–water partition coefficient (Wildman–Crippen LogP) is 5.28. The summed E-state index contributed by atoms with van der Waals surface area (Å²) in [6.45, 7) is 6.24. The third kappa shape index (κ3) is 8.42. The van der Waals surface area contributed by atoms with E-state index in [2.05, 4.69) is 26.1 Å². The molecule has 0 spiro atoms. The summed E-state index contributed by atoms with van der Waals surface area (Å²) in [6.07, 6.45) is -3.97. The molecule has 35 heavy (non-hydrogen) atoms. The van der Waals surface area contributed by atoms with Gasteiger partial charge in [0, 0.05) is 25.5 Å². The lowest BCUT2D eigenvalue weighted by Crippen LogP contribution is -2.17. The van der Waals surface area contributed by atoms with E-state index in [4.69, 9.17) is 4.74 Å². The lowest BCUT2D eigenvalue weighted by Gasteiger charge is -2.09. The van der Waals surface area contributed by atoms with Gasteiger partial charge in [0.1, 0.15) is 17.7 Å². The minimum Gasteiger partial charge on any atom is -0.479 e. The van der Waals surface area contributed by atoms with Gasteiger partial charge in [-0.2, -0.15) is 5.10 Å². The molecule has 0 saturated heterocycles.